The highest BCUT2D eigenvalue weighted by atomic mass is 35.5. The molecular formula is C16H15ClN2O2S. The van der Waals surface area contributed by atoms with Gasteiger partial charge in [0.25, 0.3) is 0 Å². The van der Waals surface area contributed by atoms with Crippen molar-refractivity contribution in [3.05, 3.63) is 47.2 Å². The molecule has 4 rings (SSSR count). The monoisotopic (exact) mass is 334 g/mol. The van der Waals surface area contributed by atoms with Gasteiger partial charge in [0.05, 0.1) is 0 Å². The zero-order valence-electron chi connectivity index (χ0n) is 11.8. The molecule has 2 aromatic rings. The highest BCUT2D eigenvalue weighted by molar-refractivity contribution is 7.91. The van der Waals surface area contributed by atoms with Crippen LogP contribution < -0.4 is 10.1 Å². The quantitative estimate of drug-likeness (QED) is 0.677. The van der Waals surface area contributed by atoms with Crippen LogP contribution in [-0.4, -0.2) is 28.7 Å². The molecule has 0 bridgehead atoms. The third-order valence-corrected chi connectivity index (χ3v) is 6.05. The molecule has 22 heavy (non-hydrogen) atoms. The molecule has 1 aromatic carbocycles. The second-order valence-corrected chi connectivity index (χ2v) is 7.32. The zero-order chi connectivity index (χ0) is 15.1. The fourth-order valence-corrected chi connectivity index (χ4v) is 4.54. The highest BCUT2D eigenvalue weighted by Gasteiger charge is 2.37. The summed E-state index contributed by atoms with van der Waals surface area (Å²) in [4.78, 5) is 5.21. The van der Waals surface area contributed by atoms with Crippen LogP contribution in [0, 0.1) is 0 Å². The Hall–Kier alpha value is -1.27. The first-order chi connectivity index (χ1) is 10.7. The van der Waals surface area contributed by atoms with Gasteiger partial charge in [-0.2, -0.15) is 0 Å². The number of pyridine rings is 1. The van der Waals surface area contributed by atoms with Crippen molar-refractivity contribution in [3.63, 3.8) is 0 Å². The van der Waals surface area contributed by atoms with Gasteiger partial charge in [-0.05, 0) is 37.2 Å². The first-order valence-corrected chi connectivity index (χ1v) is 8.80. The lowest BCUT2D eigenvalue weighted by molar-refractivity contribution is 0.176. The Morgan fingerprint density at radius 3 is 3.14 bits per heavy atom. The van der Waals surface area contributed by atoms with E-state index < -0.39 is 11.2 Å². The molecular weight excluding hydrogens is 320 g/mol. The van der Waals surface area contributed by atoms with Crippen molar-refractivity contribution in [3.8, 4) is 5.75 Å². The van der Waals surface area contributed by atoms with E-state index in [-0.39, 0.29) is 11.3 Å². The van der Waals surface area contributed by atoms with Gasteiger partial charge in [0, 0.05) is 41.5 Å². The second kappa shape index (κ2) is 5.74. The van der Waals surface area contributed by atoms with E-state index in [0.29, 0.717) is 15.7 Å². The summed E-state index contributed by atoms with van der Waals surface area (Å²) in [5.74, 6) is 1.30. The molecule has 1 fully saturated rings. The number of halogens is 1. The number of fused-ring (bicyclic) bond motifs is 3. The largest absolute Gasteiger partial charge is 0.606 e. The maximum absolute atomic E-state index is 12.7. The minimum atomic E-state index is -1.35. The maximum Gasteiger partial charge on any atom is 0.195 e. The second-order valence-electron chi connectivity index (χ2n) is 5.52. The summed E-state index contributed by atoms with van der Waals surface area (Å²) in [6, 6.07) is 9.31. The molecule has 0 radical (unpaired) electrons. The lowest BCUT2D eigenvalue weighted by atomic mass is 9.90. The first-order valence-electron chi connectivity index (χ1n) is 7.27. The average Bonchev–Trinajstić information content (AvgIpc) is 2.92. The predicted molar refractivity (Wildman–Crippen MR) is 85.0 cm³/mol. The molecule has 2 aliphatic rings. The summed E-state index contributed by atoms with van der Waals surface area (Å²) in [7, 11) is 0. The fourth-order valence-electron chi connectivity index (χ4n) is 3.15. The molecule has 3 atom stereocenters. The third kappa shape index (κ3) is 2.38. The van der Waals surface area contributed by atoms with Gasteiger partial charge < -0.3 is 14.6 Å². The number of piperidine rings is 1. The Balaban J connectivity index is 1.67. The molecule has 3 heterocycles. The van der Waals surface area contributed by atoms with Crippen LogP contribution in [0.15, 0.2) is 46.3 Å². The molecule has 1 aromatic heterocycles. The Kier molecular flexibility index (Phi) is 3.74. The van der Waals surface area contributed by atoms with E-state index in [1.54, 1.807) is 18.3 Å². The average molecular weight is 335 g/mol. The summed E-state index contributed by atoms with van der Waals surface area (Å²) >= 11 is 4.69. The number of rotatable bonds is 2. The van der Waals surface area contributed by atoms with Crippen LogP contribution >= 0.6 is 11.6 Å². The number of ether oxygens (including phenoxy) is 1. The number of nitrogens with zero attached hydrogens (tertiary/aromatic N) is 1. The molecule has 0 spiro atoms. The topological polar surface area (TPSA) is 57.2 Å². The molecule has 3 unspecified atom stereocenters. The van der Waals surface area contributed by atoms with E-state index in [4.69, 9.17) is 16.3 Å². The Labute approximate surface area is 137 Å². The van der Waals surface area contributed by atoms with Crippen molar-refractivity contribution in [2.75, 3.05) is 13.1 Å². The van der Waals surface area contributed by atoms with Crippen LogP contribution in [0.3, 0.4) is 0 Å². The lowest BCUT2D eigenvalue weighted by Crippen LogP contribution is -2.39. The van der Waals surface area contributed by atoms with Gasteiger partial charge in [0.15, 0.2) is 14.9 Å². The SMILES string of the molecule is [O-][S+](c1ccc2c(c1)OC1CNCCC21)c1cccnc1Cl. The normalized spacial score (nSPS) is 24.3. The minimum absolute atomic E-state index is 0.189. The number of benzene rings is 1. The Bertz CT molecular complexity index is 712. The van der Waals surface area contributed by atoms with E-state index in [1.807, 2.05) is 18.2 Å². The van der Waals surface area contributed by atoms with Gasteiger partial charge >= 0.3 is 0 Å². The van der Waals surface area contributed by atoms with Gasteiger partial charge in [-0.15, -0.1) is 0 Å². The molecule has 0 saturated carbocycles. The number of hydrogen-bond acceptors (Lipinski definition) is 4. The number of nitrogens with one attached hydrogen (secondary N) is 1. The predicted octanol–water partition coefficient (Wildman–Crippen LogP) is 2.74. The third-order valence-electron chi connectivity index (χ3n) is 4.23. The van der Waals surface area contributed by atoms with Gasteiger partial charge in [-0.3, -0.25) is 0 Å². The molecule has 1 saturated heterocycles. The minimum Gasteiger partial charge on any atom is -0.606 e. The number of aromatic nitrogens is 1. The van der Waals surface area contributed by atoms with Gasteiger partial charge in [0.1, 0.15) is 11.9 Å². The maximum atomic E-state index is 12.7. The van der Waals surface area contributed by atoms with Crippen molar-refractivity contribution in [2.24, 2.45) is 0 Å². The lowest BCUT2D eigenvalue weighted by Gasteiger charge is -2.24. The first kappa shape index (κ1) is 14.3. The summed E-state index contributed by atoms with van der Waals surface area (Å²) in [5.41, 5.74) is 1.23. The van der Waals surface area contributed by atoms with E-state index in [2.05, 4.69) is 10.3 Å². The summed E-state index contributed by atoms with van der Waals surface area (Å²) in [6.45, 7) is 1.88. The smallest absolute Gasteiger partial charge is 0.195 e. The van der Waals surface area contributed by atoms with Crippen LogP contribution in [0.1, 0.15) is 17.9 Å². The van der Waals surface area contributed by atoms with E-state index in [9.17, 15) is 4.55 Å². The van der Waals surface area contributed by atoms with Crippen molar-refractivity contribution < 1.29 is 9.29 Å². The molecule has 1 N–H and O–H groups in total. The summed E-state index contributed by atoms with van der Waals surface area (Å²) < 4.78 is 18.7. The molecule has 4 nitrogen and oxygen atoms in total. The van der Waals surface area contributed by atoms with Gasteiger partial charge in [-0.25, -0.2) is 4.98 Å². The summed E-state index contributed by atoms with van der Waals surface area (Å²) in [6.07, 6.45) is 2.86. The molecule has 114 valence electrons. The van der Waals surface area contributed by atoms with Gasteiger partial charge in [0.2, 0.25) is 0 Å². The van der Waals surface area contributed by atoms with Crippen LogP contribution in [0.4, 0.5) is 0 Å². The molecule has 6 heteroatoms. The van der Waals surface area contributed by atoms with Crippen molar-refractivity contribution in [1.82, 2.24) is 10.3 Å². The van der Waals surface area contributed by atoms with Gasteiger partial charge in [-0.1, -0.05) is 11.6 Å². The molecule has 0 aliphatic carbocycles. The molecule has 2 aliphatic heterocycles. The molecule has 0 amide bonds. The fraction of sp³-hybridized carbons (Fsp3) is 0.312. The van der Waals surface area contributed by atoms with Crippen LogP contribution in [0.2, 0.25) is 5.15 Å². The van der Waals surface area contributed by atoms with E-state index in [1.165, 1.54) is 5.56 Å². The Morgan fingerprint density at radius 1 is 1.36 bits per heavy atom. The van der Waals surface area contributed by atoms with E-state index >= 15 is 0 Å². The van der Waals surface area contributed by atoms with Crippen molar-refractivity contribution >= 4 is 22.8 Å². The van der Waals surface area contributed by atoms with E-state index in [0.717, 1.165) is 25.3 Å². The zero-order valence-corrected chi connectivity index (χ0v) is 13.4. The number of hydrogen-bond donors (Lipinski definition) is 1. The van der Waals surface area contributed by atoms with Crippen LogP contribution in [-0.2, 0) is 11.2 Å². The van der Waals surface area contributed by atoms with Crippen molar-refractivity contribution in [1.29, 1.82) is 0 Å². The van der Waals surface area contributed by atoms with Crippen molar-refractivity contribution in [2.45, 2.75) is 28.2 Å². The highest BCUT2D eigenvalue weighted by Crippen LogP contribution is 2.42. The van der Waals surface area contributed by atoms with Crippen LogP contribution in [0.25, 0.3) is 0 Å². The summed E-state index contributed by atoms with van der Waals surface area (Å²) in [5, 5.41) is 3.63. The standard InChI is InChI=1S/C16H15ClN2O2S/c17-16-15(2-1-6-19-16)22(20)10-3-4-11-12-5-7-18-9-14(12)21-13(11)8-10/h1-4,6,8,12,14,18H,5,7,9H2. The van der Waals surface area contributed by atoms with Crippen LogP contribution in [0.5, 0.6) is 5.75 Å². The Morgan fingerprint density at radius 2 is 2.27 bits per heavy atom.